The molecule has 0 aromatic heterocycles. The van der Waals surface area contributed by atoms with Crippen molar-refractivity contribution in [2.45, 2.75) is 18.9 Å². The molecular weight excluding hydrogens is 321 g/mol. The smallest absolute Gasteiger partial charge is 0.248 e. The second-order valence-electron chi connectivity index (χ2n) is 5.85. The second-order valence-corrected chi connectivity index (χ2v) is 5.85. The van der Waals surface area contributed by atoms with Gasteiger partial charge in [-0.05, 0) is 48.7 Å². The fourth-order valence-corrected chi connectivity index (χ4v) is 2.59. The van der Waals surface area contributed by atoms with Crippen molar-refractivity contribution in [2.75, 3.05) is 18.5 Å². The fourth-order valence-electron chi connectivity index (χ4n) is 2.59. The molecule has 1 aliphatic rings. The summed E-state index contributed by atoms with van der Waals surface area (Å²) in [5.41, 5.74) is 1.27. The molecule has 5 heteroatoms. The lowest BCUT2D eigenvalue weighted by Crippen LogP contribution is -2.16. The molecule has 1 amide bonds. The van der Waals surface area contributed by atoms with Gasteiger partial charge in [0.25, 0.3) is 0 Å². The Hall–Kier alpha value is -2.66. The minimum atomic E-state index is -0.335. The summed E-state index contributed by atoms with van der Waals surface area (Å²) >= 11 is 0. The summed E-state index contributed by atoms with van der Waals surface area (Å²) in [5, 5.41) is 2.76. The van der Waals surface area contributed by atoms with E-state index in [1.54, 1.807) is 30.3 Å². The summed E-state index contributed by atoms with van der Waals surface area (Å²) in [6.07, 6.45) is 5.17. The zero-order valence-corrected chi connectivity index (χ0v) is 13.8. The highest BCUT2D eigenvalue weighted by Crippen LogP contribution is 2.19. The lowest BCUT2D eigenvalue weighted by molar-refractivity contribution is -0.111. The average molecular weight is 341 g/mol. The first-order chi connectivity index (χ1) is 12.2. The van der Waals surface area contributed by atoms with Crippen molar-refractivity contribution < 1.29 is 18.7 Å². The molecule has 25 heavy (non-hydrogen) atoms. The van der Waals surface area contributed by atoms with Crippen LogP contribution in [-0.2, 0) is 9.53 Å². The zero-order chi connectivity index (χ0) is 17.5. The SMILES string of the molecule is O=C(/C=C/c1cccc(F)c1)Nc1cccc(OCC2CCCO2)c1. The van der Waals surface area contributed by atoms with Crippen LogP contribution in [0, 0.1) is 5.82 Å². The van der Waals surface area contributed by atoms with E-state index in [0.29, 0.717) is 23.6 Å². The van der Waals surface area contributed by atoms with Gasteiger partial charge in [-0.25, -0.2) is 4.39 Å². The third-order valence-electron chi connectivity index (χ3n) is 3.84. The Morgan fingerprint density at radius 3 is 2.96 bits per heavy atom. The van der Waals surface area contributed by atoms with Crippen molar-refractivity contribution in [3.63, 3.8) is 0 Å². The topological polar surface area (TPSA) is 47.6 Å². The predicted molar refractivity (Wildman–Crippen MR) is 95.0 cm³/mol. The molecule has 0 bridgehead atoms. The van der Waals surface area contributed by atoms with Crippen molar-refractivity contribution in [1.82, 2.24) is 0 Å². The average Bonchev–Trinajstić information content (AvgIpc) is 3.12. The quantitative estimate of drug-likeness (QED) is 0.807. The number of carbonyl (C=O) groups excluding carboxylic acids is 1. The van der Waals surface area contributed by atoms with Gasteiger partial charge in [0.1, 0.15) is 18.2 Å². The Morgan fingerprint density at radius 2 is 2.16 bits per heavy atom. The highest BCUT2D eigenvalue weighted by Gasteiger charge is 2.15. The van der Waals surface area contributed by atoms with E-state index in [1.165, 1.54) is 18.2 Å². The summed E-state index contributed by atoms with van der Waals surface area (Å²) in [6.45, 7) is 1.30. The molecule has 3 rings (SSSR count). The number of hydrogen-bond acceptors (Lipinski definition) is 3. The van der Waals surface area contributed by atoms with Gasteiger partial charge in [0.05, 0.1) is 6.10 Å². The van der Waals surface area contributed by atoms with E-state index in [4.69, 9.17) is 9.47 Å². The first-order valence-electron chi connectivity index (χ1n) is 8.28. The highest BCUT2D eigenvalue weighted by molar-refractivity contribution is 6.02. The fraction of sp³-hybridized carbons (Fsp3) is 0.250. The van der Waals surface area contributed by atoms with Crippen molar-refractivity contribution in [2.24, 2.45) is 0 Å². The molecule has 1 aliphatic heterocycles. The minimum Gasteiger partial charge on any atom is -0.491 e. The minimum absolute atomic E-state index is 0.146. The van der Waals surface area contributed by atoms with Crippen LogP contribution in [0.2, 0.25) is 0 Å². The number of ether oxygens (including phenoxy) is 2. The molecule has 0 saturated carbocycles. The van der Waals surface area contributed by atoms with Crippen LogP contribution in [0.1, 0.15) is 18.4 Å². The van der Waals surface area contributed by atoms with Crippen LogP contribution in [0.5, 0.6) is 5.75 Å². The Labute approximate surface area is 146 Å². The maximum Gasteiger partial charge on any atom is 0.248 e. The van der Waals surface area contributed by atoms with E-state index in [2.05, 4.69) is 5.32 Å². The van der Waals surface area contributed by atoms with Gasteiger partial charge >= 0.3 is 0 Å². The third-order valence-corrected chi connectivity index (χ3v) is 3.84. The number of nitrogens with one attached hydrogen (secondary N) is 1. The zero-order valence-electron chi connectivity index (χ0n) is 13.8. The number of halogens is 1. The predicted octanol–water partition coefficient (Wildman–Crippen LogP) is 4.04. The Morgan fingerprint density at radius 1 is 1.28 bits per heavy atom. The standard InChI is InChI=1S/C20H20FNO3/c21-16-5-1-4-15(12-16)9-10-20(23)22-17-6-2-7-18(13-17)25-14-19-8-3-11-24-19/h1-2,4-7,9-10,12-13,19H,3,8,11,14H2,(H,22,23)/b10-9+. The van der Waals surface area contributed by atoms with Crippen molar-refractivity contribution in [3.05, 3.63) is 66.0 Å². The number of amides is 1. The van der Waals surface area contributed by atoms with Crippen LogP contribution in [0.25, 0.3) is 6.08 Å². The number of carbonyl (C=O) groups is 1. The number of benzene rings is 2. The molecule has 0 radical (unpaired) electrons. The highest BCUT2D eigenvalue weighted by atomic mass is 19.1. The molecule has 130 valence electrons. The van der Waals surface area contributed by atoms with Gasteiger partial charge in [-0.3, -0.25) is 4.79 Å². The normalized spacial score (nSPS) is 16.9. The molecule has 2 aromatic rings. The third kappa shape index (κ3) is 5.43. The first kappa shape index (κ1) is 17.2. The summed E-state index contributed by atoms with van der Waals surface area (Å²) in [4.78, 5) is 12.0. The maximum atomic E-state index is 13.1. The van der Waals surface area contributed by atoms with Crippen LogP contribution in [0.15, 0.2) is 54.6 Å². The van der Waals surface area contributed by atoms with Gasteiger partial charge in [0, 0.05) is 24.4 Å². The van der Waals surface area contributed by atoms with E-state index in [9.17, 15) is 9.18 Å². The van der Waals surface area contributed by atoms with Gasteiger partial charge in [0.2, 0.25) is 5.91 Å². The number of anilines is 1. The van der Waals surface area contributed by atoms with Gasteiger partial charge in [0.15, 0.2) is 0 Å². The lowest BCUT2D eigenvalue weighted by Gasteiger charge is -2.12. The van der Waals surface area contributed by atoms with Crippen LogP contribution in [0.4, 0.5) is 10.1 Å². The number of rotatable bonds is 6. The molecule has 4 nitrogen and oxygen atoms in total. The van der Waals surface area contributed by atoms with Crippen LogP contribution >= 0.6 is 0 Å². The van der Waals surface area contributed by atoms with Gasteiger partial charge in [-0.2, -0.15) is 0 Å². The number of hydrogen-bond donors (Lipinski definition) is 1. The molecule has 0 spiro atoms. The van der Waals surface area contributed by atoms with E-state index >= 15 is 0 Å². The lowest BCUT2D eigenvalue weighted by atomic mass is 10.2. The van der Waals surface area contributed by atoms with E-state index < -0.39 is 0 Å². The molecule has 1 fully saturated rings. The Bertz CT molecular complexity index is 754. The molecule has 1 heterocycles. The molecule has 1 atom stereocenters. The van der Waals surface area contributed by atoms with E-state index in [1.807, 2.05) is 12.1 Å². The molecule has 0 aliphatic carbocycles. The Balaban J connectivity index is 1.54. The molecule has 2 aromatic carbocycles. The summed E-state index contributed by atoms with van der Waals surface area (Å²) in [5.74, 6) is 0.0570. The first-order valence-corrected chi connectivity index (χ1v) is 8.28. The summed E-state index contributed by atoms with van der Waals surface area (Å²) < 4.78 is 24.4. The van der Waals surface area contributed by atoms with Crippen molar-refractivity contribution in [3.8, 4) is 5.75 Å². The van der Waals surface area contributed by atoms with Gasteiger partial charge in [-0.1, -0.05) is 18.2 Å². The van der Waals surface area contributed by atoms with Crippen LogP contribution in [0.3, 0.4) is 0 Å². The van der Waals surface area contributed by atoms with Crippen molar-refractivity contribution in [1.29, 1.82) is 0 Å². The van der Waals surface area contributed by atoms with Crippen molar-refractivity contribution >= 4 is 17.7 Å². The molecule has 1 unspecified atom stereocenters. The maximum absolute atomic E-state index is 13.1. The monoisotopic (exact) mass is 341 g/mol. The molecule has 1 N–H and O–H groups in total. The van der Waals surface area contributed by atoms with E-state index in [-0.39, 0.29) is 17.8 Å². The second kappa shape index (κ2) is 8.44. The largest absolute Gasteiger partial charge is 0.491 e. The van der Waals surface area contributed by atoms with E-state index in [0.717, 1.165) is 19.4 Å². The summed E-state index contributed by atoms with van der Waals surface area (Å²) in [6, 6.07) is 13.3. The molecule has 1 saturated heterocycles. The van der Waals surface area contributed by atoms with Crippen LogP contribution < -0.4 is 10.1 Å². The molecular formula is C20H20FNO3. The van der Waals surface area contributed by atoms with Gasteiger partial charge < -0.3 is 14.8 Å². The summed E-state index contributed by atoms with van der Waals surface area (Å²) in [7, 11) is 0. The van der Waals surface area contributed by atoms with Crippen LogP contribution in [-0.4, -0.2) is 25.2 Å². The van der Waals surface area contributed by atoms with Gasteiger partial charge in [-0.15, -0.1) is 0 Å². The Kier molecular flexibility index (Phi) is 5.80.